The lowest BCUT2D eigenvalue weighted by Gasteiger charge is -2.37. The normalized spacial score (nSPS) is 22.1. The van der Waals surface area contributed by atoms with Crippen LogP contribution in [-0.4, -0.2) is 23.2 Å². The molecule has 0 bridgehead atoms. The minimum atomic E-state index is -3.44. The van der Waals surface area contributed by atoms with E-state index in [9.17, 15) is 13.8 Å². The summed E-state index contributed by atoms with van der Waals surface area (Å²) in [6.45, 7) is 10.0. The van der Waals surface area contributed by atoms with Crippen LogP contribution in [0.1, 0.15) is 61.1 Å². The van der Waals surface area contributed by atoms with Crippen LogP contribution in [0.4, 0.5) is 11.6 Å². The maximum absolute atomic E-state index is 13.1. The van der Waals surface area contributed by atoms with Crippen molar-refractivity contribution in [1.82, 2.24) is 4.72 Å². The van der Waals surface area contributed by atoms with E-state index in [4.69, 9.17) is 9.20 Å². The second-order valence-corrected chi connectivity index (χ2v) is 12.1. The summed E-state index contributed by atoms with van der Waals surface area (Å²) in [5.41, 5.74) is 3.07. The molecular weight excluding hydrogens is 464 g/mol. The quantitative estimate of drug-likeness (QED) is 0.472. The van der Waals surface area contributed by atoms with E-state index >= 15 is 0 Å². The van der Waals surface area contributed by atoms with E-state index in [1.54, 1.807) is 24.3 Å². The smallest absolute Gasteiger partial charge is 0.265 e. The number of rotatable bonds is 4. The Labute approximate surface area is 204 Å². The van der Waals surface area contributed by atoms with Gasteiger partial charge >= 0.3 is 0 Å². The maximum Gasteiger partial charge on any atom is 0.265 e. The van der Waals surface area contributed by atoms with Gasteiger partial charge in [0.1, 0.15) is 10.5 Å². The molecular formula is C26H30N4O4S. The van der Waals surface area contributed by atoms with Crippen molar-refractivity contribution >= 4 is 38.4 Å². The molecule has 0 aliphatic carbocycles. The summed E-state index contributed by atoms with van der Waals surface area (Å²) in [6.07, 6.45) is 2.04. The molecule has 5 rings (SSSR count). The number of hydrogen-bond acceptors (Lipinski definition) is 7. The standard InChI is InChI=1S/C26H30N4O4S/c1-15-12-18(16(2)28-20-7-5-6-17-24(20)35(27,33)29-25(17)32)23-19(13-15)21(31)14-22(34-23)30-10-8-26(3,4)9-11-30/h5-7,12-14,16,28H,8-11H2,1-4H3,(H2,27,29,32,33)/t16-,35?/m1/s1. The number of nitrogens with zero attached hydrogens (tertiary/aromatic N) is 1. The Bertz CT molecular complexity index is 1510. The highest BCUT2D eigenvalue weighted by atomic mass is 32.2. The lowest BCUT2D eigenvalue weighted by Crippen LogP contribution is -2.37. The van der Waals surface area contributed by atoms with Crippen molar-refractivity contribution in [3.05, 3.63) is 63.3 Å². The third-order valence-electron chi connectivity index (χ3n) is 7.04. The molecule has 8 nitrogen and oxygen atoms in total. The van der Waals surface area contributed by atoms with Gasteiger partial charge in [-0.05, 0) is 55.9 Å². The first-order valence-electron chi connectivity index (χ1n) is 11.8. The molecule has 35 heavy (non-hydrogen) atoms. The fraction of sp³-hybridized carbons (Fsp3) is 0.385. The van der Waals surface area contributed by atoms with E-state index < -0.39 is 15.8 Å². The van der Waals surface area contributed by atoms with Crippen molar-refractivity contribution in [3.63, 3.8) is 0 Å². The highest BCUT2D eigenvalue weighted by molar-refractivity contribution is 7.91. The Balaban J connectivity index is 1.57. The van der Waals surface area contributed by atoms with Gasteiger partial charge in [-0.1, -0.05) is 26.0 Å². The number of hydrogen-bond donors (Lipinski definition) is 3. The molecule has 2 aromatic carbocycles. The van der Waals surface area contributed by atoms with Gasteiger partial charge in [-0.25, -0.2) is 8.99 Å². The first-order chi connectivity index (χ1) is 16.4. The topological polar surface area (TPSA) is 116 Å². The van der Waals surface area contributed by atoms with Crippen LogP contribution in [0.3, 0.4) is 0 Å². The third-order valence-corrected chi connectivity index (χ3v) is 8.53. The molecule has 3 aromatic rings. The van der Waals surface area contributed by atoms with Gasteiger partial charge < -0.3 is 14.6 Å². The second-order valence-electron chi connectivity index (χ2n) is 10.4. The van der Waals surface area contributed by atoms with E-state index in [1.807, 2.05) is 26.0 Å². The lowest BCUT2D eigenvalue weighted by molar-refractivity contribution is 0.0985. The zero-order valence-electron chi connectivity index (χ0n) is 20.4. The van der Waals surface area contributed by atoms with E-state index in [-0.39, 0.29) is 27.3 Å². The van der Waals surface area contributed by atoms with Crippen molar-refractivity contribution < 1.29 is 13.4 Å². The minimum Gasteiger partial charge on any atom is -0.440 e. The Morgan fingerprint density at radius 3 is 2.60 bits per heavy atom. The number of piperidine rings is 1. The molecule has 2 aliphatic rings. The molecule has 1 fully saturated rings. The van der Waals surface area contributed by atoms with Gasteiger partial charge in [-0.2, -0.15) is 0 Å². The fourth-order valence-electron chi connectivity index (χ4n) is 4.92. The highest BCUT2D eigenvalue weighted by Gasteiger charge is 2.33. The van der Waals surface area contributed by atoms with E-state index in [1.165, 1.54) is 0 Å². The molecule has 1 unspecified atom stereocenters. The second kappa shape index (κ2) is 8.12. The van der Waals surface area contributed by atoms with Crippen molar-refractivity contribution in [2.75, 3.05) is 23.3 Å². The van der Waals surface area contributed by atoms with Crippen LogP contribution in [0.15, 0.2) is 50.5 Å². The van der Waals surface area contributed by atoms with Crippen LogP contribution >= 0.6 is 0 Å². The zero-order chi connectivity index (χ0) is 25.1. The number of carbonyl (C=O) groups is 1. The Morgan fingerprint density at radius 1 is 1.17 bits per heavy atom. The molecule has 2 aliphatic heterocycles. The number of amides is 1. The molecule has 3 N–H and O–H groups in total. The Hall–Kier alpha value is -3.33. The van der Waals surface area contributed by atoms with E-state index in [0.717, 1.165) is 37.1 Å². The number of nitrogens with one attached hydrogen (secondary N) is 3. The number of anilines is 2. The van der Waals surface area contributed by atoms with Crippen LogP contribution in [0, 0.1) is 17.1 Å². The van der Waals surface area contributed by atoms with Gasteiger partial charge in [0, 0.05) is 24.7 Å². The first kappa shape index (κ1) is 23.4. The zero-order valence-corrected chi connectivity index (χ0v) is 21.2. The van der Waals surface area contributed by atoms with Gasteiger partial charge in [0.25, 0.3) is 5.91 Å². The minimum absolute atomic E-state index is 0.0900. The van der Waals surface area contributed by atoms with Crippen LogP contribution in [0.5, 0.6) is 0 Å². The van der Waals surface area contributed by atoms with E-state index in [2.05, 4.69) is 28.8 Å². The summed E-state index contributed by atoms with van der Waals surface area (Å²) in [5, 5.41) is 3.82. The van der Waals surface area contributed by atoms with Gasteiger partial charge in [-0.15, -0.1) is 0 Å². The molecule has 1 saturated heterocycles. The summed E-state index contributed by atoms with van der Waals surface area (Å²) in [7, 11) is -3.44. The molecule has 0 spiro atoms. The molecule has 9 heteroatoms. The Kier molecular flexibility index (Phi) is 5.43. The van der Waals surface area contributed by atoms with E-state index in [0.29, 0.717) is 22.5 Å². The number of carbonyl (C=O) groups excluding carboxylic acids is 1. The molecule has 1 amide bonds. The molecule has 0 radical (unpaired) electrons. The van der Waals surface area contributed by atoms with Crippen LogP contribution < -0.4 is 20.4 Å². The lowest BCUT2D eigenvalue weighted by atomic mass is 9.83. The predicted octanol–water partition coefficient (Wildman–Crippen LogP) is 4.96. The summed E-state index contributed by atoms with van der Waals surface area (Å²) in [5.74, 6) is 0.0533. The molecule has 2 atom stereocenters. The monoisotopic (exact) mass is 494 g/mol. The average Bonchev–Trinajstić information content (AvgIpc) is 3.02. The molecule has 3 heterocycles. The SMILES string of the molecule is Cc1cc([C@@H](C)Nc2cccc3c2S(=N)(=O)NC3=O)c2oc(N3CCC(C)(C)CC3)cc(=O)c2c1. The van der Waals surface area contributed by atoms with Crippen molar-refractivity contribution in [2.45, 2.75) is 51.5 Å². The third kappa shape index (κ3) is 4.18. The Morgan fingerprint density at radius 2 is 1.89 bits per heavy atom. The van der Waals surface area contributed by atoms with Crippen molar-refractivity contribution in [1.29, 1.82) is 4.78 Å². The summed E-state index contributed by atoms with van der Waals surface area (Å²) < 4.78 is 29.5. The molecule has 0 saturated carbocycles. The van der Waals surface area contributed by atoms with Crippen molar-refractivity contribution in [3.8, 4) is 0 Å². The van der Waals surface area contributed by atoms with Crippen LogP contribution in [0.25, 0.3) is 11.0 Å². The van der Waals surface area contributed by atoms with Gasteiger partial charge in [-0.3, -0.25) is 14.3 Å². The van der Waals surface area contributed by atoms with Crippen molar-refractivity contribution in [2.24, 2.45) is 5.41 Å². The summed E-state index contributed by atoms with van der Waals surface area (Å²) in [6, 6.07) is 10.00. The average molecular weight is 495 g/mol. The fourth-order valence-corrected chi connectivity index (χ4v) is 6.30. The summed E-state index contributed by atoms with van der Waals surface area (Å²) >= 11 is 0. The first-order valence-corrected chi connectivity index (χ1v) is 13.3. The number of fused-ring (bicyclic) bond motifs is 2. The van der Waals surface area contributed by atoms with Crippen LogP contribution in [-0.2, 0) is 9.92 Å². The highest BCUT2D eigenvalue weighted by Crippen LogP contribution is 2.36. The number of aryl methyl sites for hydroxylation is 1. The molecule has 1 aromatic heterocycles. The van der Waals surface area contributed by atoms with Gasteiger partial charge in [0.2, 0.25) is 0 Å². The van der Waals surface area contributed by atoms with Crippen LogP contribution in [0.2, 0.25) is 0 Å². The number of benzene rings is 2. The maximum atomic E-state index is 13.1. The van der Waals surface area contributed by atoms with Gasteiger partial charge in [0.05, 0.1) is 22.7 Å². The molecule has 184 valence electrons. The summed E-state index contributed by atoms with van der Waals surface area (Å²) in [4.78, 5) is 27.6. The largest absolute Gasteiger partial charge is 0.440 e. The van der Waals surface area contributed by atoms with Gasteiger partial charge in [0.15, 0.2) is 21.2 Å². The predicted molar refractivity (Wildman–Crippen MR) is 138 cm³/mol.